The fraction of sp³-hybridized carbons (Fsp3) is 0.533. The zero-order valence-electron chi connectivity index (χ0n) is 12.5. The van der Waals surface area contributed by atoms with Crippen LogP contribution >= 0.6 is 11.6 Å². The van der Waals surface area contributed by atoms with Crippen LogP contribution in [0.15, 0.2) is 24.3 Å². The molecule has 1 heterocycles. The molecule has 1 aromatic carbocycles. The van der Waals surface area contributed by atoms with Gasteiger partial charge in [-0.2, -0.15) is 0 Å². The minimum atomic E-state index is -0.0907. The lowest BCUT2D eigenvalue weighted by atomic mass is 10.1. The molecule has 1 amide bonds. The van der Waals surface area contributed by atoms with Crippen molar-refractivity contribution in [2.45, 2.75) is 6.17 Å². The van der Waals surface area contributed by atoms with Crippen molar-refractivity contribution in [2.75, 3.05) is 46.9 Å². The molecular formula is C15H22ClN3O2. The molecule has 1 fully saturated rings. The zero-order chi connectivity index (χ0) is 15.2. The largest absolute Gasteiger partial charge is 0.383 e. The number of rotatable bonds is 7. The Morgan fingerprint density at radius 3 is 3.00 bits per heavy atom. The van der Waals surface area contributed by atoms with Gasteiger partial charge in [-0.1, -0.05) is 23.7 Å². The van der Waals surface area contributed by atoms with Crippen LogP contribution in [0.2, 0.25) is 5.02 Å². The number of carbonyl (C=O) groups excluding carboxylic acids is 1. The summed E-state index contributed by atoms with van der Waals surface area (Å²) in [5, 5.41) is 3.93. The SMILES string of the molecule is COCCN(C)CCN1C(=O)CNC1c1cccc(Cl)c1. The number of ether oxygens (including phenoxy) is 1. The van der Waals surface area contributed by atoms with E-state index in [0.29, 0.717) is 24.7 Å². The van der Waals surface area contributed by atoms with E-state index in [0.717, 1.165) is 18.7 Å². The van der Waals surface area contributed by atoms with E-state index >= 15 is 0 Å². The van der Waals surface area contributed by atoms with Gasteiger partial charge >= 0.3 is 0 Å². The van der Waals surface area contributed by atoms with Crippen LogP contribution in [0.1, 0.15) is 11.7 Å². The van der Waals surface area contributed by atoms with Crippen molar-refractivity contribution in [3.05, 3.63) is 34.9 Å². The van der Waals surface area contributed by atoms with Gasteiger partial charge in [0.25, 0.3) is 0 Å². The number of nitrogens with zero attached hydrogens (tertiary/aromatic N) is 2. The summed E-state index contributed by atoms with van der Waals surface area (Å²) in [6.45, 7) is 3.42. The van der Waals surface area contributed by atoms with Crippen LogP contribution in [-0.4, -0.2) is 62.7 Å². The third kappa shape index (κ3) is 4.41. The maximum atomic E-state index is 12.1. The smallest absolute Gasteiger partial charge is 0.238 e. The first-order valence-electron chi connectivity index (χ1n) is 7.07. The van der Waals surface area contributed by atoms with Gasteiger partial charge in [-0.15, -0.1) is 0 Å². The van der Waals surface area contributed by atoms with Crippen LogP contribution in [0, 0.1) is 0 Å². The molecule has 5 nitrogen and oxygen atoms in total. The highest BCUT2D eigenvalue weighted by molar-refractivity contribution is 6.30. The van der Waals surface area contributed by atoms with Crippen molar-refractivity contribution in [1.29, 1.82) is 0 Å². The van der Waals surface area contributed by atoms with E-state index in [2.05, 4.69) is 10.2 Å². The highest BCUT2D eigenvalue weighted by Gasteiger charge is 2.31. The van der Waals surface area contributed by atoms with Crippen molar-refractivity contribution in [3.8, 4) is 0 Å². The third-order valence-electron chi connectivity index (χ3n) is 3.64. The Morgan fingerprint density at radius 2 is 2.29 bits per heavy atom. The summed E-state index contributed by atoms with van der Waals surface area (Å²) >= 11 is 6.04. The maximum absolute atomic E-state index is 12.1. The topological polar surface area (TPSA) is 44.8 Å². The van der Waals surface area contributed by atoms with Crippen LogP contribution in [0.5, 0.6) is 0 Å². The van der Waals surface area contributed by atoms with Gasteiger partial charge in [-0.3, -0.25) is 10.1 Å². The second-order valence-corrected chi connectivity index (χ2v) is 5.66. The molecule has 0 radical (unpaired) electrons. The molecule has 6 heteroatoms. The highest BCUT2D eigenvalue weighted by Crippen LogP contribution is 2.24. The van der Waals surface area contributed by atoms with E-state index < -0.39 is 0 Å². The normalized spacial score (nSPS) is 18.8. The number of benzene rings is 1. The lowest BCUT2D eigenvalue weighted by Gasteiger charge is -2.27. The molecule has 1 aromatic rings. The van der Waals surface area contributed by atoms with E-state index in [1.54, 1.807) is 7.11 Å². The molecule has 1 atom stereocenters. The number of nitrogens with one attached hydrogen (secondary N) is 1. The van der Waals surface area contributed by atoms with Gasteiger partial charge in [-0.05, 0) is 24.7 Å². The molecule has 0 saturated carbocycles. The quantitative estimate of drug-likeness (QED) is 0.825. The van der Waals surface area contributed by atoms with Gasteiger partial charge in [0.05, 0.1) is 13.2 Å². The Labute approximate surface area is 130 Å². The second kappa shape index (κ2) is 7.75. The molecule has 1 unspecified atom stereocenters. The highest BCUT2D eigenvalue weighted by atomic mass is 35.5. The van der Waals surface area contributed by atoms with Gasteiger partial charge in [0.2, 0.25) is 5.91 Å². The predicted molar refractivity (Wildman–Crippen MR) is 83.3 cm³/mol. The van der Waals surface area contributed by atoms with E-state index in [-0.39, 0.29) is 12.1 Å². The fourth-order valence-electron chi connectivity index (χ4n) is 2.41. The second-order valence-electron chi connectivity index (χ2n) is 5.22. The molecule has 1 saturated heterocycles. The molecule has 1 aliphatic heterocycles. The summed E-state index contributed by atoms with van der Waals surface area (Å²) in [6, 6.07) is 7.64. The lowest BCUT2D eigenvalue weighted by molar-refractivity contribution is -0.128. The number of hydrogen-bond donors (Lipinski definition) is 1. The van der Waals surface area contributed by atoms with Crippen LogP contribution in [0.25, 0.3) is 0 Å². The van der Waals surface area contributed by atoms with Crippen molar-refractivity contribution in [2.24, 2.45) is 0 Å². The van der Waals surface area contributed by atoms with Crippen LogP contribution in [0.4, 0.5) is 0 Å². The maximum Gasteiger partial charge on any atom is 0.238 e. The van der Waals surface area contributed by atoms with Crippen LogP contribution in [0.3, 0.4) is 0 Å². The molecule has 21 heavy (non-hydrogen) atoms. The standard InChI is InChI=1S/C15H22ClN3O2/c1-18(8-9-21-2)6-7-19-14(20)11-17-15(19)12-4-3-5-13(16)10-12/h3-5,10,15,17H,6-9,11H2,1-2H3. The van der Waals surface area contributed by atoms with Crippen molar-refractivity contribution in [3.63, 3.8) is 0 Å². The first-order chi connectivity index (χ1) is 10.1. The van der Waals surface area contributed by atoms with E-state index in [1.807, 2.05) is 36.2 Å². The van der Waals surface area contributed by atoms with Crippen molar-refractivity contribution < 1.29 is 9.53 Å². The molecule has 1 aliphatic rings. The Bertz CT molecular complexity index is 484. The average Bonchev–Trinajstić information content (AvgIpc) is 2.84. The monoisotopic (exact) mass is 311 g/mol. The average molecular weight is 312 g/mol. The Hall–Kier alpha value is -1.14. The van der Waals surface area contributed by atoms with Gasteiger partial charge < -0.3 is 14.5 Å². The molecule has 116 valence electrons. The Kier molecular flexibility index (Phi) is 5.99. The number of likely N-dealkylation sites (N-methyl/N-ethyl adjacent to an activating group) is 1. The summed E-state index contributed by atoms with van der Waals surface area (Å²) in [5.41, 5.74) is 1.02. The van der Waals surface area contributed by atoms with E-state index in [9.17, 15) is 4.79 Å². The fourth-order valence-corrected chi connectivity index (χ4v) is 2.60. The first-order valence-corrected chi connectivity index (χ1v) is 7.45. The van der Waals surface area contributed by atoms with Crippen molar-refractivity contribution in [1.82, 2.24) is 15.1 Å². The molecule has 1 N–H and O–H groups in total. The number of amides is 1. The van der Waals surface area contributed by atoms with Gasteiger partial charge in [0, 0.05) is 31.8 Å². The van der Waals surface area contributed by atoms with Gasteiger partial charge in [-0.25, -0.2) is 0 Å². The Balaban J connectivity index is 1.97. The van der Waals surface area contributed by atoms with Crippen LogP contribution < -0.4 is 5.32 Å². The minimum absolute atomic E-state index is 0.0907. The number of halogens is 1. The summed E-state index contributed by atoms with van der Waals surface area (Å²) in [4.78, 5) is 16.1. The van der Waals surface area contributed by atoms with Crippen molar-refractivity contribution >= 4 is 17.5 Å². The molecule has 0 aliphatic carbocycles. The summed E-state index contributed by atoms with van der Waals surface area (Å²) < 4.78 is 5.06. The lowest BCUT2D eigenvalue weighted by Crippen LogP contribution is -2.37. The molecule has 0 spiro atoms. The number of hydrogen-bond acceptors (Lipinski definition) is 4. The number of carbonyl (C=O) groups is 1. The first kappa shape index (κ1) is 16.2. The van der Waals surface area contributed by atoms with E-state index in [4.69, 9.17) is 16.3 Å². The molecular weight excluding hydrogens is 290 g/mol. The summed E-state index contributed by atoms with van der Waals surface area (Å²) in [7, 11) is 3.72. The molecule has 2 rings (SSSR count). The Morgan fingerprint density at radius 1 is 1.48 bits per heavy atom. The van der Waals surface area contributed by atoms with Gasteiger partial charge in [0.15, 0.2) is 0 Å². The summed E-state index contributed by atoms with van der Waals surface area (Å²) in [6.07, 6.45) is -0.0907. The van der Waals surface area contributed by atoms with E-state index in [1.165, 1.54) is 0 Å². The molecule has 0 aromatic heterocycles. The number of methoxy groups -OCH3 is 1. The third-order valence-corrected chi connectivity index (χ3v) is 3.88. The predicted octanol–water partition coefficient (Wildman–Crippen LogP) is 1.35. The van der Waals surface area contributed by atoms with Crippen LogP contribution in [-0.2, 0) is 9.53 Å². The zero-order valence-corrected chi connectivity index (χ0v) is 13.3. The minimum Gasteiger partial charge on any atom is -0.383 e. The molecule has 0 bridgehead atoms. The summed E-state index contributed by atoms with van der Waals surface area (Å²) in [5.74, 6) is 0.125. The van der Waals surface area contributed by atoms with Gasteiger partial charge in [0.1, 0.15) is 6.17 Å².